The van der Waals surface area contributed by atoms with E-state index >= 15 is 0 Å². The molecule has 2 rings (SSSR count). The Labute approximate surface area is 103 Å². The Hall–Kier alpha value is -1.31. The van der Waals surface area contributed by atoms with Crippen molar-refractivity contribution in [2.75, 3.05) is 6.61 Å². The summed E-state index contributed by atoms with van der Waals surface area (Å²) in [6.45, 7) is 4.91. The summed E-state index contributed by atoms with van der Waals surface area (Å²) in [6, 6.07) is 8.15. The molecule has 0 saturated carbocycles. The Morgan fingerprint density at radius 1 is 1.41 bits per heavy atom. The van der Waals surface area contributed by atoms with Crippen LogP contribution in [0.3, 0.4) is 0 Å². The van der Waals surface area contributed by atoms with Gasteiger partial charge in [-0.25, -0.2) is 0 Å². The summed E-state index contributed by atoms with van der Waals surface area (Å²) < 4.78 is 5.61. The van der Waals surface area contributed by atoms with Gasteiger partial charge in [-0.1, -0.05) is 32.0 Å². The highest BCUT2D eigenvalue weighted by Crippen LogP contribution is 2.36. The van der Waals surface area contributed by atoms with Crippen LogP contribution in [-0.4, -0.2) is 12.4 Å². The monoisotopic (exact) mass is 232 g/mol. The van der Waals surface area contributed by atoms with Crippen molar-refractivity contribution in [3.63, 3.8) is 0 Å². The van der Waals surface area contributed by atoms with Crippen molar-refractivity contribution in [3.8, 4) is 5.75 Å². The molecule has 92 valence electrons. The Kier molecular flexibility index (Phi) is 3.82. The maximum absolute atomic E-state index is 11.7. The van der Waals surface area contributed by atoms with Crippen molar-refractivity contribution in [1.82, 2.24) is 0 Å². The van der Waals surface area contributed by atoms with Gasteiger partial charge in [-0.15, -0.1) is 0 Å². The van der Waals surface area contributed by atoms with Gasteiger partial charge in [0.25, 0.3) is 0 Å². The summed E-state index contributed by atoms with van der Waals surface area (Å²) in [5.74, 6) is 2.25. The number of hydrogen-bond acceptors (Lipinski definition) is 2. The highest BCUT2D eigenvalue weighted by Gasteiger charge is 2.23. The molecule has 2 nitrogen and oxygen atoms in total. The quantitative estimate of drug-likeness (QED) is 0.776. The highest BCUT2D eigenvalue weighted by molar-refractivity contribution is 5.78. The van der Waals surface area contributed by atoms with Crippen LogP contribution in [0.2, 0.25) is 0 Å². The number of para-hydroxylation sites is 1. The van der Waals surface area contributed by atoms with Crippen molar-refractivity contribution in [2.24, 2.45) is 5.92 Å². The average Bonchev–Trinajstić information content (AvgIpc) is 2.69. The van der Waals surface area contributed by atoms with E-state index in [0.29, 0.717) is 30.5 Å². The summed E-state index contributed by atoms with van der Waals surface area (Å²) >= 11 is 0. The molecule has 0 amide bonds. The maximum atomic E-state index is 11.7. The summed E-state index contributed by atoms with van der Waals surface area (Å²) in [5.41, 5.74) is 1.27. The van der Waals surface area contributed by atoms with Gasteiger partial charge in [-0.2, -0.15) is 0 Å². The predicted octanol–water partition coefficient (Wildman–Crippen LogP) is 3.56. The summed E-state index contributed by atoms with van der Waals surface area (Å²) in [6.07, 6.45) is 2.30. The van der Waals surface area contributed by atoms with Crippen molar-refractivity contribution in [3.05, 3.63) is 29.8 Å². The van der Waals surface area contributed by atoms with Gasteiger partial charge in [-0.05, 0) is 18.4 Å². The Morgan fingerprint density at radius 3 is 2.94 bits per heavy atom. The molecule has 1 aliphatic rings. The molecule has 0 aliphatic carbocycles. The van der Waals surface area contributed by atoms with Crippen molar-refractivity contribution >= 4 is 5.78 Å². The van der Waals surface area contributed by atoms with Crippen LogP contribution in [0.1, 0.15) is 44.6 Å². The van der Waals surface area contributed by atoms with Crippen molar-refractivity contribution < 1.29 is 9.53 Å². The first-order chi connectivity index (χ1) is 8.16. The highest BCUT2D eigenvalue weighted by atomic mass is 16.5. The molecule has 1 heterocycles. The molecule has 0 bridgehead atoms. The number of fused-ring (bicyclic) bond motifs is 1. The zero-order valence-corrected chi connectivity index (χ0v) is 10.6. The van der Waals surface area contributed by atoms with E-state index in [2.05, 4.69) is 19.9 Å². The van der Waals surface area contributed by atoms with Gasteiger partial charge >= 0.3 is 0 Å². The van der Waals surface area contributed by atoms with Crippen LogP contribution in [-0.2, 0) is 4.79 Å². The minimum Gasteiger partial charge on any atom is -0.493 e. The second-order valence-corrected chi connectivity index (χ2v) is 5.22. The van der Waals surface area contributed by atoms with Crippen LogP contribution in [0, 0.1) is 5.92 Å². The predicted molar refractivity (Wildman–Crippen MR) is 68.4 cm³/mol. The molecule has 0 saturated heterocycles. The molecule has 1 unspecified atom stereocenters. The summed E-state index contributed by atoms with van der Waals surface area (Å²) in [7, 11) is 0. The molecule has 17 heavy (non-hydrogen) atoms. The molecule has 0 N–H and O–H groups in total. The average molecular weight is 232 g/mol. The van der Waals surface area contributed by atoms with Gasteiger partial charge < -0.3 is 4.74 Å². The van der Waals surface area contributed by atoms with E-state index in [4.69, 9.17) is 4.74 Å². The lowest BCUT2D eigenvalue weighted by Gasteiger charge is -2.08. The third kappa shape index (κ3) is 3.09. The van der Waals surface area contributed by atoms with E-state index in [1.807, 2.05) is 18.2 Å². The largest absolute Gasteiger partial charge is 0.493 e. The number of carbonyl (C=O) groups excluding carboxylic acids is 1. The van der Waals surface area contributed by atoms with Crippen LogP contribution in [0.4, 0.5) is 0 Å². The van der Waals surface area contributed by atoms with E-state index in [9.17, 15) is 4.79 Å². The summed E-state index contributed by atoms with van der Waals surface area (Å²) in [5, 5.41) is 0. The molecule has 0 radical (unpaired) electrons. The topological polar surface area (TPSA) is 26.3 Å². The fraction of sp³-hybridized carbons (Fsp3) is 0.533. The first kappa shape index (κ1) is 12.2. The smallest absolute Gasteiger partial charge is 0.133 e. The molecule has 1 aromatic carbocycles. The van der Waals surface area contributed by atoms with E-state index in [1.165, 1.54) is 5.56 Å². The SMILES string of the molecule is CC(C)CC(=O)CCC1COc2ccccc21. The third-order valence-corrected chi connectivity index (χ3v) is 3.21. The molecule has 2 heteroatoms. The number of ether oxygens (including phenoxy) is 1. The van der Waals surface area contributed by atoms with Gasteiger partial charge in [0.1, 0.15) is 11.5 Å². The Bertz CT molecular complexity index is 396. The van der Waals surface area contributed by atoms with E-state index in [1.54, 1.807) is 0 Å². The van der Waals surface area contributed by atoms with E-state index in [0.717, 1.165) is 18.8 Å². The third-order valence-electron chi connectivity index (χ3n) is 3.21. The fourth-order valence-corrected chi connectivity index (χ4v) is 2.36. The van der Waals surface area contributed by atoms with Crippen LogP contribution in [0.5, 0.6) is 5.75 Å². The standard InChI is InChI=1S/C15H20O2/c1-11(2)9-13(16)8-7-12-10-17-15-6-4-3-5-14(12)15/h3-6,11-12H,7-10H2,1-2H3. The van der Waals surface area contributed by atoms with Crippen LogP contribution >= 0.6 is 0 Å². The first-order valence-corrected chi connectivity index (χ1v) is 6.40. The number of rotatable bonds is 5. The van der Waals surface area contributed by atoms with Gasteiger partial charge in [0, 0.05) is 24.3 Å². The normalized spacial score (nSPS) is 17.9. The number of ketones is 1. The number of Topliss-reactive ketones (excluding diaryl/α,β-unsaturated/α-hetero) is 1. The molecule has 1 atom stereocenters. The Morgan fingerprint density at radius 2 is 2.18 bits per heavy atom. The van der Waals surface area contributed by atoms with E-state index in [-0.39, 0.29) is 0 Å². The molecule has 0 aromatic heterocycles. The van der Waals surface area contributed by atoms with Gasteiger partial charge in [-0.3, -0.25) is 4.79 Å². The second kappa shape index (κ2) is 5.35. The first-order valence-electron chi connectivity index (χ1n) is 6.40. The minimum absolute atomic E-state index is 0.379. The van der Waals surface area contributed by atoms with Crippen molar-refractivity contribution in [2.45, 2.75) is 39.0 Å². The molecule has 1 aromatic rings. The summed E-state index contributed by atoms with van der Waals surface area (Å²) in [4.78, 5) is 11.7. The fourth-order valence-electron chi connectivity index (χ4n) is 2.36. The van der Waals surface area contributed by atoms with Gasteiger partial charge in [0.05, 0.1) is 6.61 Å². The zero-order valence-electron chi connectivity index (χ0n) is 10.6. The molecular weight excluding hydrogens is 212 g/mol. The number of benzene rings is 1. The van der Waals surface area contributed by atoms with Crippen LogP contribution in [0.25, 0.3) is 0 Å². The van der Waals surface area contributed by atoms with E-state index < -0.39 is 0 Å². The number of hydrogen-bond donors (Lipinski definition) is 0. The molecule has 0 fully saturated rings. The maximum Gasteiger partial charge on any atom is 0.133 e. The zero-order chi connectivity index (χ0) is 12.3. The lowest BCUT2D eigenvalue weighted by molar-refractivity contribution is -0.119. The van der Waals surface area contributed by atoms with Crippen LogP contribution < -0.4 is 4.74 Å². The minimum atomic E-state index is 0.379. The molecule has 0 spiro atoms. The van der Waals surface area contributed by atoms with Crippen molar-refractivity contribution in [1.29, 1.82) is 0 Å². The molecule has 1 aliphatic heterocycles. The van der Waals surface area contributed by atoms with Gasteiger partial charge in [0.15, 0.2) is 0 Å². The number of carbonyl (C=O) groups is 1. The Balaban J connectivity index is 1.88. The lowest BCUT2D eigenvalue weighted by atomic mass is 9.93. The van der Waals surface area contributed by atoms with Crippen LogP contribution in [0.15, 0.2) is 24.3 Å². The van der Waals surface area contributed by atoms with Gasteiger partial charge in [0.2, 0.25) is 0 Å². The molecular formula is C15H20O2. The lowest BCUT2D eigenvalue weighted by Crippen LogP contribution is -2.07. The second-order valence-electron chi connectivity index (χ2n) is 5.22.